The van der Waals surface area contributed by atoms with Gasteiger partial charge in [0.25, 0.3) is 0 Å². The highest BCUT2D eigenvalue weighted by Crippen LogP contribution is 2.47. The van der Waals surface area contributed by atoms with Crippen LogP contribution in [0.3, 0.4) is 0 Å². The van der Waals surface area contributed by atoms with Gasteiger partial charge in [-0.05, 0) is 29.7 Å². The summed E-state index contributed by atoms with van der Waals surface area (Å²) in [6, 6.07) is 10.6. The van der Waals surface area contributed by atoms with Gasteiger partial charge < -0.3 is 5.11 Å². The van der Waals surface area contributed by atoms with Gasteiger partial charge >= 0.3 is 0 Å². The second kappa shape index (κ2) is 3.51. The van der Waals surface area contributed by atoms with Crippen LogP contribution in [0.4, 0.5) is 0 Å². The molecule has 0 aliphatic heterocycles. The summed E-state index contributed by atoms with van der Waals surface area (Å²) >= 11 is 0. The normalized spacial score (nSPS) is 28.5. The molecule has 1 aromatic carbocycles. The van der Waals surface area contributed by atoms with Crippen LogP contribution in [-0.2, 0) is 0 Å². The molecule has 1 nitrogen and oxygen atoms in total. The van der Waals surface area contributed by atoms with Crippen molar-refractivity contribution in [3.05, 3.63) is 35.9 Å². The molecule has 1 aliphatic carbocycles. The van der Waals surface area contributed by atoms with Gasteiger partial charge in [-0.2, -0.15) is 0 Å². The molecule has 0 radical (unpaired) electrons. The van der Waals surface area contributed by atoms with Gasteiger partial charge in [-0.3, -0.25) is 0 Å². The predicted octanol–water partition coefficient (Wildman–Crippen LogP) is 2.42. The number of hydrogen-bond donors (Lipinski definition) is 1. The lowest BCUT2D eigenvalue weighted by Crippen LogP contribution is -1.99. The SMILES string of the molecule is C[C@@H](c1ccccc1)[C@H]1C[C@H]1CO. The van der Waals surface area contributed by atoms with Crippen LogP contribution in [-0.4, -0.2) is 11.7 Å². The number of aliphatic hydroxyl groups excluding tert-OH is 1. The molecule has 13 heavy (non-hydrogen) atoms. The largest absolute Gasteiger partial charge is 0.396 e. The zero-order valence-electron chi connectivity index (χ0n) is 7.98. The van der Waals surface area contributed by atoms with E-state index >= 15 is 0 Å². The van der Waals surface area contributed by atoms with Crippen LogP contribution in [0.1, 0.15) is 24.8 Å². The van der Waals surface area contributed by atoms with E-state index in [0.29, 0.717) is 24.4 Å². The highest BCUT2D eigenvalue weighted by Gasteiger charge is 2.40. The third-order valence-corrected chi connectivity index (χ3v) is 3.18. The molecule has 0 saturated heterocycles. The maximum absolute atomic E-state index is 8.97. The van der Waals surface area contributed by atoms with Gasteiger partial charge in [0.05, 0.1) is 0 Å². The third kappa shape index (κ3) is 1.75. The van der Waals surface area contributed by atoms with E-state index in [4.69, 9.17) is 5.11 Å². The fourth-order valence-corrected chi connectivity index (χ4v) is 2.10. The highest BCUT2D eigenvalue weighted by molar-refractivity contribution is 5.21. The van der Waals surface area contributed by atoms with Crippen molar-refractivity contribution < 1.29 is 5.11 Å². The topological polar surface area (TPSA) is 20.2 Å². The Morgan fingerprint density at radius 3 is 2.62 bits per heavy atom. The smallest absolute Gasteiger partial charge is 0.0462 e. The van der Waals surface area contributed by atoms with E-state index in [0.717, 1.165) is 0 Å². The summed E-state index contributed by atoms with van der Waals surface area (Å²) in [6.07, 6.45) is 1.20. The number of benzene rings is 1. The van der Waals surface area contributed by atoms with E-state index in [9.17, 15) is 0 Å². The maximum atomic E-state index is 8.97. The Morgan fingerprint density at radius 2 is 2.08 bits per heavy atom. The quantitative estimate of drug-likeness (QED) is 0.750. The summed E-state index contributed by atoms with van der Waals surface area (Å²) < 4.78 is 0. The number of rotatable bonds is 3. The van der Waals surface area contributed by atoms with Crippen LogP contribution in [0.15, 0.2) is 30.3 Å². The van der Waals surface area contributed by atoms with Gasteiger partial charge in [-0.1, -0.05) is 37.3 Å². The highest BCUT2D eigenvalue weighted by atomic mass is 16.3. The van der Waals surface area contributed by atoms with Crippen molar-refractivity contribution in [2.24, 2.45) is 11.8 Å². The molecule has 0 amide bonds. The van der Waals surface area contributed by atoms with Crippen LogP contribution in [0.5, 0.6) is 0 Å². The van der Waals surface area contributed by atoms with E-state index in [1.165, 1.54) is 12.0 Å². The molecule has 70 valence electrons. The molecule has 1 N–H and O–H groups in total. The Labute approximate surface area is 79.4 Å². The number of aliphatic hydroxyl groups is 1. The summed E-state index contributed by atoms with van der Waals surface area (Å²) in [5, 5.41) is 8.97. The molecule has 0 bridgehead atoms. The average Bonchev–Trinajstić information content (AvgIpc) is 2.97. The van der Waals surface area contributed by atoms with Crippen LogP contribution in [0.2, 0.25) is 0 Å². The van der Waals surface area contributed by atoms with Crippen molar-refractivity contribution in [1.82, 2.24) is 0 Å². The van der Waals surface area contributed by atoms with Crippen LogP contribution in [0, 0.1) is 11.8 Å². The van der Waals surface area contributed by atoms with Crippen molar-refractivity contribution in [2.75, 3.05) is 6.61 Å². The zero-order chi connectivity index (χ0) is 9.26. The zero-order valence-corrected chi connectivity index (χ0v) is 7.98. The molecule has 1 fully saturated rings. The summed E-state index contributed by atoms with van der Waals surface area (Å²) in [4.78, 5) is 0. The van der Waals surface area contributed by atoms with E-state index in [2.05, 4.69) is 31.2 Å². The molecule has 0 heterocycles. The Morgan fingerprint density at radius 1 is 1.38 bits per heavy atom. The monoisotopic (exact) mass is 176 g/mol. The third-order valence-electron chi connectivity index (χ3n) is 3.18. The van der Waals surface area contributed by atoms with E-state index in [1.54, 1.807) is 0 Å². The van der Waals surface area contributed by atoms with E-state index in [1.807, 2.05) is 6.07 Å². The molecular formula is C12H16O. The Balaban J connectivity index is 2.03. The molecular weight excluding hydrogens is 160 g/mol. The van der Waals surface area contributed by atoms with Gasteiger partial charge in [-0.15, -0.1) is 0 Å². The van der Waals surface area contributed by atoms with Crippen LogP contribution < -0.4 is 0 Å². The first kappa shape index (κ1) is 8.76. The van der Waals surface area contributed by atoms with Gasteiger partial charge in [0.15, 0.2) is 0 Å². The second-order valence-corrected chi connectivity index (χ2v) is 4.04. The minimum absolute atomic E-state index is 0.363. The lowest BCUT2D eigenvalue weighted by atomic mass is 9.95. The molecule has 3 atom stereocenters. The fourth-order valence-electron chi connectivity index (χ4n) is 2.10. The van der Waals surface area contributed by atoms with Crippen molar-refractivity contribution in [3.8, 4) is 0 Å². The predicted molar refractivity (Wildman–Crippen MR) is 53.5 cm³/mol. The molecule has 1 aliphatic rings. The average molecular weight is 176 g/mol. The van der Waals surface area contributed by atoms with E-state index in [-0.39, 0.29) is 0 Å². The second-order valence-electron chi connectivity index (χ2n) is 4.04. The lowest BCUT2D eigenvalue weighted by Gasteiger charge is -2.10. The van der Waals surface area contributed by atoms with Gasteiger partial charge in [0.1, 0.15) is 0 Å². The molecule has 0 spiro atoms. The van der Waals surface area contributed by atoms with Crippen molar-refractivity contribution in [1.29, 1.82) is 0 Å². The summed E-state index contributed by atoms with van der Waals surface area (Å²) in [5.74, 6) is 1.89. The Bertz CT molecular complexity index is 268. The standard InChI is InChI=1S/C12H16O/c1-9(12-7-11(12)8-13)10-5-3-2-4-6-10/h2-6,9,11-13H,7-8H2,1H3/t9-,11-,12+/m0/s1. The fraction of sp³-hybridized carbons (Fsp3) is 0.500. The summed E-state index contributed by atoms with van der Waals surface area (Å²) in [5.41, 5.74) is 1.41. The maximum Gasteiger partial charge on any atom is 0.0462 e. The summed E-state index contributed by atoms with van der Waals surface area (Å²) in [6.45, 7) is 2.62. The molecule has 1 saturated carbocycles. The molecule has 1 aromatic rings. The first-order valence-electron chi connectivity index (χ1n) is 4.98. The van der Waals surface area contributed by atoms with Crippen LogP contribution >= 0.6 is 0 Å². The Kier molecular flexibility index (Phi) is 2.36. The molecule has 1 heteroatoms. The number of hydrogen-bond acceptors (Lipinski definition) is 1. The first-order valence-corrected chi connectivity index (χ1v) is 4.98. The molecule has 0 unspecified atom stereocenters. The van der Waals surface area contributed by atoms with Gasteiger partial charge in [0, 0.05) is 6.61 Å². The van der Waals surface area contributed by atoms with Crippen LogP contribution in [0.25, 0.3) is 0 Å². The minimum atomic E-state index is 0.363. The molecule has 2 rings (SSSR count). The van der Waals surface area contributed by atoms with Crippen molar-refractivity contribution >= 4 is 0 Å². The lowest BCUT2D eigenvalue weighted by molar-refractivity contribution is 0.265. The van der Waals surface area contributed by atoms with Crippen molar-refractivity contribution in [3.63, 3.8) is 0 Å². The minimum Gasteiger partial charge on any atom is -0.396 e. The van der Waals surface area contributed by atoms with Crippen molar-refractivity contribution in [2.45, 2.75) is 19.3 Å². The van der Waals surface area contributed by atoms with Gasteiger partial charge in [-0.25, -0.2) is 0 Å². The summed E-state index contributed by atoms with van der Waals surface area (Å²) in [7, 11) is 0. The molecule has 0 aromatic heterocycles. The van der Waals surface area contributed by atoms with Gasteiger partial charge in [0.2, 0.25) is 0 Å². The first-order chi connectivity index (χ1) is 6.33. The Hall–Kier alpha value is -0.820. The van der Waals surface area contributed by atoms with E-state index < -0.39 is 0 Å².